The molecule has 0 radical (unpaired) electrons. The van der Waals surface area contributed by atoms with Crippen molar-refractivity contribution in [3.63, 3.8) is 0 Å². The lowest BCUT2D eigenvalue weighted by Gasteiger charge is -2.15. The number of hydrogen-bond acceptors (Lipinski definition) is 3. The predicted molar refractivity (Wildman–Crippen MR) is 98.0 cm³/mol. The molecule has 0 spiro atoms. The zero-order valence-electron chi connectivity index (χ0n) is 13.4. The van der Waals surface area contributed by atoms with Gasteiger partial charge in [-0.2, -0.15) is 0 Å². The maximum Gasteiger partial charge on any atom is 0.0722 e. The van der Waals surface area contributed by atoms with Gasteiger partial charge in [-0.3, -0.25) is 0 Å². The first kappa shape index (κ1) is 16.2. The van der Waals surface area contributed by atoms with Crippen LogP contribution in [0.3, 0.4) is 0 Å². The van der Waals surface area contributed by atoms with Crippen LogP contribution < -0.4 is 0 Å². The number of aliphatic hydroxyl groups excluding tert-OH is 1. The van der Waals surface area contributed by atoms with Crippen LogP contribution in [0.15, 0.2) is 47.8 Å². The Morgan fingerprint density at radius 3 is 2.57 bits per heavy atom. The molecule has 0 aliphatic rings. The van der Waals surface area contributed by atoms with E-state index in [-0.39, 0.29) is 6.61 Å². The summed E-state index contributed by atoms with van der Waals surface area (Å²) in [5, 5.41) is 13.6. The van der Waals surface area contributed by atoms with Crippen molar-refractivity contribution >= 4 is 22.1 Å². The van der Waals surface area contributed by atoms with Gasteiger partial charge in [0.25, 0.3) is 0 Å². The number of thiophene rings is 1. The average Bonchev–Trinajstić information content (AvgIpc) is 3.12. The number of benzene rings is 2. The summed E-state index contributed by atoms with van der Waals surface area (Å²) in [5.74, 6) is 0. The lowest BCUT2D eigenvalue weighted by Crippen LogP contribution is -2.00. The maximum atomic E-state index is 8.88. The van der Waals surface area contributed by atoms with Gasteiger partial charge in [0.15, 0.2) is 0 Å². The molecule has 0 aliphatic heterocycles. The topological polar surface area (TPSA) is 29.5 Å². The smallest absolute Gasteiger partial charge is 0.0722 e. The number of aliphatic hydroxyl groups is 1. The average molecular weight is 326 g/mol. The largest absolute Gasteiger partial charge is 0.396 e. The van der Waals surface area contributed by atoms with Crippen molar-refractivity contribution < 1.29 is 9.84 Å². The minimum Gasteiger partial charge on any atom is -0.396 e. The summed E-state index contributed by atoms with van der Waals surface area (Å²) in [6, 6.07) is 15.2. The zero-order chi connectivity index (χ0) is 16.1. The van der Waals surface area contributed by atoms with E-state index in [4.69, 9.17) is 9.84 Å². The van der Waals surface area contributed by atoms with Gasteiger partial charge < -0.3 is 9.84 Å². The molecule has 0 fully saturated rings. The molecule has 120 valence electrons. The van der Waals surface area contributed by atoms with E-state index < -0.39 is 0 Å². The van der Waals surface area contributed by atoms with Crippen LogP contribution >= 0.6 is 11.3 Å². The molecule has 1 aromatic heterocycles. The van der Waals surface area contributed by atoms with Crippen LogP contribution in [0, 0.1) is 0 Å². The molecule has 0 atom stereocenters. The highest BCUT2D eigenvalue weighted by molar-refractivity contribution is 7.13. The second kappa shape index (κ2) is 7.73. The minimum absolute atomic E-state index is 0.179. The molecule has 0 bridgehead atoms. The molecular weight excluding hydrogens is 304 g/mol. The Balaban J connectivity index is 2.07. The summed E-state index contributed by atoms with van der Waals surface area (Å²) >= 11 is 1.79. The summed E-state index contributed by atoms with van der Waals surface area (Å²) < 4.78 is 5.74. The Labute approximate surface area is 141 Å². The molecule has 0 saturated carbocycles. The summed E-state index contributed by atoms with van der Waals surface area (Å²) in [4.78, 5) is 1.32. The van der Waals surface area contributed by atoms with Crippen LogP contribution in [-0.2, 0) is 17.8 Å². The molecule has 0 aliphatic carbocycles. The molecule has 3 aromatic rings. The fraction of sp³-hybridized carbons (Fsp3) is 0.300. The maximum absolute atomic E-state index is 8.88. The highest BCUT2D eigenvalue weighted by atomic mass is 32.1. The minimum atomic E-state index is 0.179. The van der Waals surface area contributed by atoms with E-state index in [9.17, 15) is 0 Å². The molecule has 3 rings (SSSR count). The molecule has 0 saturated heterocycles. The summed E-state index contributed by atoms with van der Waals surface area (Å²) in [5.41, 5.74) is 3.96. The summed E-state index contributed by atoms with van der Waals surface area (Å²) in [6.45, 7) is 3.58. The van der Waals surface area contributed by atoms with Gasteiger partial charge in [-0.1, -0.05) is 43.3 Å². The van der Waals surface area contributed by atoms with Crippen molar-refractivity contribution in [1.82, 2.24) is 0 Å². The van der Waals surface area contributed by atoms with Crippen molar-refractivity contribution in [3.8, 4) is 10.4 Å². The van der Waals surface area contributed by atoms with Crippen LogP contribution in [0.1, 0.15) is 24.5 Å². The first-order valence-electron chi connectivity index (χ1n) is 8.11. The van der Waals surface area contributed by atoms with Crippen molar-refractivity contribution in [1.29, 1.82) is 0 Å². The van der Waals surface area contributed by atoms with Crippen molar-refractivity contribution in [2.75, 3.05) is 13.2 Å². The molecule has 0 amide bonds. The lowest BCUT2D eigenvalue weighted by molar-refractivity contribution is 0.105. The van der Waals surface area contributed by atoms with Gasteiger partial charge in [0.2, 0.25) is 0 Å². The predicted octanol–water partition coefficient (Wildman–Crippen LogP) is 5.03. The number of aryl methyl sites for hydroxylation is 1. The molecule has 0 unspecified atom stereocenters. The SMILES string of the molecule is CCc1cc(COCCCO)c2ccccc2c1-c1cccs1. The van der Waals surface area contributed by atoms with Gasteiger partial charge in [0.1, 0.15) is 0 Å². The Kier molecular flexibility index (Phi) is 5.44. The Hall–Kier alpha value is -1.68. The zero-order valence-corrected chi connectivity index (χ0v) is 14.2. The van der Waals surface area contributed by atoms with Crippen molar-refractivity contribution in [3.05, 3.63) is 59.0 Å². The van der Waals surface area contributed by atoms with Crippen molar-refractivity contribution in [2.24, 2.45) is 0 Å². The molecular formula is C20H22O2S. The molecule has 2 aromatic carbocycles. The van der Waals surface area contributed by atoms with E-state index in [1.54, 1.807) is 11.3 Å². The van der Waals surface area contributed by atoms with Crippen LogP contribution in [0.25, 0.3) is 21.2 Å². The summed E-state index contributed by atoms with van der Waals surface area (Å²) in [7, 11) is 0. The van der Waals surface area contributed by atoms with Gasteiger partial charge in [0, 0.05) is 23.7 Å². The molecule has 3 heteroatoms. The van der Waals surface area contributed by atoms with Gasteiger partial charge in [-0.05, 0) is 46.2 Å². The first-order valence-corrected chi connectivity index (χ1v) is 8.99. The number of rotatable bonds is 7. The molecule has 1 N–H and O–H groups in total. The molecule has 23 heavy (non-hydrogen) atoms. The van der Waals surface area contributed by atoms with E-state index >= 15 is 0 Å². The van der Waals surface area contributed by atoms with Crippen LogP contribution in [0.2, 0.25) is 0 Å². The van der Waals surface area contributed by atoms with E-state index in [0.717, 1.165) is 6.42 Å². The van der Waals surface area contributed by atoms with Gasteiger partial charge >= 0.3 is 0 Å². The second-order valence-electron chi connectivity index (χ2n) is 5.58. The van der Waals surface area contributed by atoms with E-state index in [2.05, 4.69) is 54.8 Å². The van der Waals surface area contributed by atoms with Crippen LogP contribution in [0.5, 0.6) is 0 Å². The number of fused-ring (bicyclic) bond motifs is 1. The Morgan fingerprint density at radius 2 is 1.87 bits per heavy atom. The van der Waals surface area contributed by atoms with E-state index in [1.807, 2.05) is 0 Å². The monoisotopic (exact) mass is 326 g/mol. The number of hydrogen-bond donors (Lipinski definition) is 1. The van der Waals surface area contributed by atoms with Crippen LogP contribution in [0.4, 0.5) is 0 Å². The Bertz CT molecular complexity index is 763. The van der Waals surface area contributed by atoms with Gasteiger partial charge in [-0.25, -0.2) is 0 Å². The normalized spacial score (nSPS) is 11.2. The van der Waals surface area contributed by atoms with E-state index in [1.165, 1.54) is 32.3 Å². The van der Waals surface area contributed by atoms with E-state index in [0.29, 0.717) is 19.6 Å². The third-order valence-electron chi connectivity index (χ3n) is 4.06. The third kappa shape index (κ3) is 3.47. The quantitative estimate of drug-likeness (QED) is 0.617. The highest BCUT2D eigenvalue weighted by Gasteiger charge is 2.13. The van der Waals surface area contributed by atoms with Gasteiger partial charge in [0.05, 0.1) is 6.61 Å². The van der Waals surface area contributed by atoms with Gasteiger partial charge in [-0.15, -0.1) is 11.3 Å². The van der Waals surface area contributed by atoms with Crippen molar-refractivity contribution in [2.45, 2.75) is 26.4 Å². The summed E-state index contributed by atoms with van der Waals surface area (Å²) in [6.07, 6.45) is 1.69. The highest BCUT2D eigenvalue weighted by Crippen LogP contribution is 2.37. The second-order valence-corrected chi connectivity index (χ2v) is 6.52. The molecule has 1 heterocycles. The van der Waals surface area contributed by atoms with Crippen LogP contribution in [-0.4, -0.2) is 18.3 Å². The molecule has 2 nitrogen and oxygen atoms in total. The fourth-order valence-electron chi connectivity index (χ4n) is 2.97. The fourth-order valence-corrected chi connectivity index (χ4v) is 3.79. The Morgan fingerprint density at radius 1 is 1.04 bits per heavy atom. The lowest BCUT2D eigenvalue weighted by atomic mass is 9.92. The standard InChI is InChI=1S/C20H22O2S/c1-2-15-13-16(14-22-11-6-10-21)17-7-3-4-8-18(17)20(15)19-9-5-12-23-19/h3-5,7-9,12-13,21H,2,6,10-11,14H2,1H3. The number of ether oxygens (including phenoxy) is 1. The first-order chi connectivity index (χ1) is 11.3. The third-order valence-corrected chi connectivity index (χ3v) is 4.95.